The van der Waals surface area contributed by atoms with E-state index in [4.69, 9.17) is 9.84 Å². The average molecular weight is 327 g/mol. The van der Waals surface area contributed by atoms with Crippen molar-refractivity contribution in [3.05, 3.63) is 53.6 Å². The summed E-state index contributed by atoms with van der Waals surface area (Å²) in [5.74, 6) is -0.142. The highest BCUT2D eigenvalue weighted by Crippen LogP contribution is 2.31. The minimum atomic E-state index is -1.06. The molecule has 0 unspecified atom stereocenters. The highest BCUT2D eigenvalue weighted by Gasteiger charge is 2.30. The molecule has 1 aliphatic rings. The molecule has 1 heterocycles. The third kappa shape index (κ3) is 4.08. The van der Waals surface area contributed by atoms with Crippen LogP contribution in [0, 0.1) is 0 Å². The Hall–Kier alpha value is -2.47. The van der Waals surface area contributed by atoms with Crippen LogP contribution in [0.5, 0.6) is 5.75 Å². The first-order valence-corrected chi connectivity index (χ1v) is 8.16. The summed E-state index contributed by atoms with van der Waals surface area (Å²) in [4.78, 5) is 21.4. The zero-order valence-corrected chi connectivity index (χ0v) is 13.7. The Morgan fingerprint density at radius 3 is 2.67 bits per heavy atom. The van der Waals surface area contributed by atoms with E-state index in [2.05, 4.69) is 20.9 Å². The lowest BCUT2D eigenvalue weighted by molar-refractivity contribution is 0.0690. The van der Waals surface area contributed by atoms with Gasteiger partial charge in [-0.05, 0) is 25.8 Å². The summed E-state index contributed by atoms with van der Waals surface area (Å²) in [5.41, 5.74) is 1.90. The molecular formula is C18H21N3O3. The molecule has 6 nitrogen and oxygen atoms in total. The van der Waals surface area contributed by atoms with Gasteiger partial charge in [-0.2, -0.15) is 0 Å². The second kappa shape index (κ2) is 7.40. The number of aromatic nitrogens is 2. The normalized spacial score (nSPS) is 13.9. The molecule has 1 aromatic heterocycles. The van der Waals surface area contributed by atoms with Crippen LogP contribution in [0.3, 0.4) is 0 Å². The predicted octanol–water partition coefficient (Wildman–Crippen LogP) is 2.74. The van der Waals surface area contributed by atoms with Gasteiger partial charge in [0.05, 0.1) is 24.7 Å². The van der Waals surface area contributed by atoms with E-state index < -0.39 is 5.97 Å². The molecule has 1 aromatic carbocycles. The van der Waals surface area contributed by atoms with Crippen LogP contribution in [0.2, 0.25) is 0 Å². The van der Waals surface area contributed by atoms with E-state index in [1.807, 2.05) is 25.1 Å². The summed E-state index contributed by atoms with van der Waals surface area (Å²) in [6.45, 7) is 4.05. The zero-order valence-electron chi connectivity index (χ0n) is 13.7. The van der Waals surface area contributed by atoms with Crippen LogP contribution in [0.15, 0.2) is 36.7 Å². The van der Waals surface area contributed by atoms with Crippen LogP contribution in [-0.2, 0) is 13.1 Å². The third-order valence-corrected chi connectivity index (χ3v) is 4.00. The van der Waals surface area contributed by atoms with Gasteiger partial charge in [0.1, 0.15) is 5.75 Å². The van der Waals surface area contributed by atoms with E-state index in [-0.39, 0.29) is 5.69 Å². The predicted molar refractivity (Wildman–Crippen MR) is 88.9 cm³/mol. The van der Waals surface area contributed by atoms with Crippen molar-refractivity contribution < 1.29 is 14.6 Å². The summed E-state index contributed by atoms with van der Waals surface area (Å²) in [7, 11) is 0. The second-order valence-corrected chi connectivity index (χ2v) is 5.88. The van der Waals surface area contributed by atoms with E-state index in [0.717, 1.165) is 23.6 Å². The lowest BCUT2D eigenvalue weighted by Gasteiger charge is -2.23. The summed E-state index contributed by atoms with van der Waals surface area (Å²) in [6, 6.07) is 8.61. The Bertz CT molecular complexity index is 699. The SMILES string of the molecule is CCOc1ccccc1CN(Cc1cnc(C(=O)O)cn1)C1CC1. The van der Waals surface area contributed by atoms with Crippen LogP contribution < -0.4 is 4.74 Å². The van der Waals surface area contributed by atoms with Crippen molar-refractivity contribution in [1.29, 1.82) is 0 Å². The number of ether oxygens (including phenoxy) is 1. The molecular weight excluding hydrogens is 306 g/mol. The van der Waals surface area contributed by atoms with Gasteiger partial charge >= 0.3 is 5.97 Å². The molecule has 0 bridgehead atoms. The summed E-state index contributed by atoms with van der Waals surface area (Å²) >= 11 is 0. The van der Waals surface area contributed by atoms with E-state index in [0.29, 0.717) is 19.2 Å². The maximum Gasteiger partial charge on any atom is 0.356 e. The Kier molecular flexibility index (Phi) is 5.05. The van der Waals surface area contributed by atoms with Crippen molar-refractivity contribution >= 4 is 5.97 Å². The second-order valence-electron chi connectivity index (χ2n) is 5.88. The topological polar surface area (TPSA) is 75.5 Å². The fourth-order valence-corrected chi connectivity index (χ4v) is 2.66. The maximum atomic E-state index is 10.9. The van der Waals surface area contributed by atoms with Crippen molar-refractivity contribution in [2.45, 2.75) is 38.9 Å². The van der Waals surface area contributed by atoms with Crippen molar-refractivity contribution in [2.75, 3.05) is 6.61 Å². The smallest absolute Gasteiger partial charge is 0.356 e. The molecule has 0 aliphatic heterocycles. The van der Waals surface area contributed by atoms with Crippen molar-refractivity contribution in [3.63, 3.8) is 0 Å². The quantitative estimate of drug-likeness (QED) is 0.803. The fraction of sp³-hybridized carbons (Fsp3) is 0.389. The first-order chi connectivity index (χ1) is 11.7. The molecule has 1 fully saturated rings. The van der Waals surface area contributed by atoms with E-state index in [9.17, 15) is 4.79 Å². The van der Waals surface area contributed by atoms with Gasteiger partial charge in [-0.1, -0.05) is 18.2 Å². The van der Waals surface area contributed by atoms with Gasteiger partial charge in [-0.3, -0.25) is 9.88 Å². The number of carboxylic acid groups (broad SMARTS) is 1. The number of nitrogens with zero attached hydrogens (tertiary/aromatic N) is 3. The Balaban J connectivity index is 1.72. The minimum absolute atomic E-state index is 0.0292. The highest BCUT2D eigenvalue weighted by molar-refractivity contribution is 5.84. The molecule has 0 atom stereocenters. The van der Waals surface area contributed by atoms with Gasteiger partial charge < -0.3 is 9.84 Å². The molecule has 1 aliphatic carbocycles. The molecule has 6 heteroatoms. The first-order valence-electron chi connectivity index (χ1n) is 8.16. The van der Waals surface area contributed by atoms with Gasteiger partial charge in [0.2, 0.25) is 0 Å². The van der Waals surface area contributed by atoms with Crippen molar-refractivity contribution in [1.82, 2.24) is 14.9 Å². The minimum Gasteiger partial charge on any atom is -0.494 e. The van der Waals surface area contributed by atoms with Gasteiger partial charge in [0.15, 0.2) is 5.69 Å². The largest absolute Gasteiger partial charge is 0.494 e. The standard InChI is InChI=1S/C18H21N3O3/c1-2-24-17-6-4-3-5-13(17)11-21(15-7-8-15)12-14-9-20-16(10-19-14)18(22)23/h3-6,9-10,15H,2,7-8,11-12H2,1H3,(H,22,23). The Morgan fingerprint density at radius 2 is 2.04 bits per heavy atom. The molecule has 2 aromatic rings. The number of aromatic carboxylic acids is 1. The fourth-order valence-electron chi connectivity index (χ4n) is 2.66. The van der Waals surface area contributed by atoms with Crippen molar-refractivity contribution in [3.8, 4) is 5.75 Å². The Morgan fingerprint density at radius 1 is 1.25 bits per heavy atom. The number of rotatable bonds is 8. The van der Waals surface area contributed by atoms with Gasteiger partial charge in [-0.25, -0.2) is 9.78 Å². The number of hydrogen-bond acceptors (Lipinski definition) is 5. The third-order valence-electron chi connectivity index (χ3n) is 4.00. The molecule has 0 spiro atoms. The monoisotopic (exact) mass is 327 g/mol. The maximum absolute atomic E-state index is 10.9. The summed E-state index contributed by atoms with van der Waals surface area (Å²) in [5, 5.41) is 8.90. The molecule has 3 rings (SSSR count). The average Bonchev–Trinajstić information content (AvgIpc) is 3.41. The van der Waals surface area contributed by atoms with Crippen LogP contribution in [0.4, 0.5) is 0 Å². The molecule has 1 saturated carbocycles. The van der Waals surface area contributed by atoms with Gasteiger partial charge in [0.25, 0.3) is 0 Å². The van der Waals surface area contributed by atoms with Gasteiger partial charge in [0, 0.05) is 24.7 Å². The number of carbonyl (C=O) groups is 1. The van der Waals surface area contributed by atoms with E-state index in [1.54, 1.807) is 6.20 Å². The van der Waals surface area contributed by atoms with Crippen LogP contribution in [-0.4, -0.2) is 38.6 Å². The molecule has 0 saturated heterocycles. The van der Waals surface area contributed by atoms with E-state index in [1.165, 1.54) is 19.0 Å². The zero-order chi connectivity index (χ0) is 16.9. The number of para-hydroxylation sites is 1. The summed E-state index contributed by atoms with van der Waals surface area (Å²) < 4.78 is 5.71. The van der Waals surface area contributed by atoms with Crippen LogP contribution in [0.25, 0.3) is 0 Å². The molecule has 24 heavy (non-hydrogen) atoms. The lowest BCUT2D eigenvalue weighted by Crippen LogP contribution is -2.26. The lowest BCUT2D eigenvalue weighted by atomic mass is 10.2. The summed E-state index contributed by atoms with van der Waals surface area (Å²) in [6.07, 6.45) is 5.22. The number of carboxylic acids is 1. The number of benzene rings is 1. The molecule has 0 amide bonds. The van der Waals surface area contributed by atoms with Gasteiger partial charge in [-0.15, -0.1) is 0 Å². The van der Waals surface area contributed by atoms with Crippen LogP contribution >= 0.6 is 0 Å². The highest BCUT2D eigenvalue weighted by atomic mass is 16.5. The number of hydrogen-bond donors (Lipinski definition) is 1. The molecule has 1 N–H and O–H groups in total. The Labute approximate surface area is 141 Å². The van der Waals surface area contributed by atoms with E-state index >= 15 is 0 Å². The molecule has 0 radical (unpaired) electrons. The first kappa shape index (κ1) is 16.4. The van der Waals surface area contributed by atoms with Crippen molar-refractivity contribution in [2.24, 2.45) is 0 Å². The molecule has 126 valence electrons. The van der Waals surface area contributed by atoms with Crippen LogP contribution in [0.1, 0.15) is 41.5 Å².